The van der Waals surface area contributed by atoms with Gasteiger partial charge in [-0.1, -0.05) is 30.3 Å². The molecule has 1 N–H and O–H groups in total. The first-order valence-electron chi connectivity index (χ1n) is 5.98. The average Bonchev–Trinajstić information content (AvgIpc) is 2.29. The summed E-state index contributed by atoms with van der Waals surface area (Å²) < 4.78 is 0. The molecule has 4 heteroatoms. The van der Waals surface area contributed by atoms with E-state index in [-0.39, 0.29) is 24.2 Å². The predicted octanol–water partition coefficient (Wildman–Crippen LogP) is 1.38. The van der Waals surface area contributed by atoms with E-state index in [9.17, 15) is 9.59 Å². The Morgan fingerprint density at radius 2 is 1.83 bits per heavy atom. The Morgan fingerprint density at radius 3 is 2.33 bits per heavy atom. The molecule has 1 aromatic rings. The second-order valence-electron chi connectivity index (χ2n) is 4.57. The molecule has 98 valence electrons. The van der Waals surface area contributed by atoms with Crippen LogP contribution < -0.4 is 5.32 Å². The molecule has 4 nitrogen and oxygen atoms in total. The molecule has 1 aromatic carbocycles. The topological polar surface area (TPSA) is 49.4 Å². The summed E-state index contributed by atoms with van der Waals surface area (Å²) in [4.78, 5) is 24.3. The van der Waals surface area contributed by atoms with Crippen LogP contribution in [0.5, 0.6) is 0 Å². The summed E-state index contributed by atoms with van der Waals surface area (Å²) >= 11 is 0. The molecular weight excluding hydrogens is 228 g/mol. The van der Waals surface area contributed by atoms with Gasteiger partial charge in [0.05, 0.1) is 12.5 Å². The van der Waals surface area contributed by atoms with Crippen molar-refractivity contribution in [3.63, 3.8) is 0 Å². The standard InChI is InChI=1S/C14H20N2O2/c1-11(17)9-14(18)15-10-13(16(2)3)12-7-5-4-6-8-12/h4-8,13H,9-10H2,1-3H3,(H,15,18). The number of ketones is 1. The fourth-order valence-corrected chi connectivity index (χ4v) is 1.77. The minimum atomic E-state index is -0.217. The lowest BCUT2D eigenvalue weighted by molar-refractivity contribution is -0.127. The molecule has 0 bridgehead atoms. The van der Waals surface area contributed by atoms with Gasteiger partial charge in [0, 0.05) is 6.54 Å². The van der Waals surface area contributed by atoms with Crippen LogP contribution in [0.25, 0.3) is 0 Å². The smallest absolute Gasteiger partial charge is 0.227 e. The second-order valence-corrected chi connectivity index (χ2v) is 4.57. The average molecular weight is 248 g/mol. The van der Waals surface area contributed by atoms with Crippen molar-refractivity contribution in [3.05, 3.63) is 35.9 Å². The van der Waals surface area contributed by atoms with E-state index >= 15 is 0 Å². The number of carbonyl (C=O) groups is 2. The van der Waals surface area contributed by atoms with Crippen molar-refractivity contribution in [1.29, 1.82) is 0 Å². The number of amides is 1. The second kappa shape index (κ2) is 6.91. The van der Waals surface area contributed by atoms with E-state index < -0.39 is 0 Å². The molecular formula is C14H20N2O2. The Balaban J connectivity index is 2.60. The number of nitrogens with zero attached hydrogens (tertiary/aromatic N) is 1. The van der Waals surface area contributed by atoms with E-state index in [0.29, 0.717) is 6.54 Å². The van der Waals surface area contributed by atoms with E-state index in [1.54, 1.807) is 0 Å². The summed E-state index contributed by atoms with van der Waals surface area (Å²) in [6, 6.07) is 10.1. The first-order valence-corrected chi connectivity index (χ1v) is 5.98. The summed E-state index contributed by atoms with van der Waals surface area (Å²) in [7, 11) is 3.93. The summed E-state index contributed by atoms with van der Waals surface area (Å²) in [5.74, 6) is -0.334. The molecule has 0 fully saturated rings. The van der Waals surface area contributed by atoms with Crippen LogP contribution in [-0.4, -0.2) is 37.2 Å². The van der Waals surface area contributed by atoms with Crippen LogP contribution in [0.15, 0.2) is 30.3 Å². The minimum Gasteiger partial charge on any atom is -0.354 e. The largest absolute Gasteiger partial charge is 0.354 e. The quantitative estimate of drug-likeness (QED) is 0.774. The summed E-state index contributed by atoms with van der Waals surface area (Å²) in [5.41, 5.74) is 1.14. The molecule has 1 atom stereocenters. The van der Waals surface area contributed by atoms with Crippen molar-refractivity contribution in [2.45, 2.75) is 19.4 Å². The molecule has 0 aromatic heterocycles. The molecule has 0 aliphatic rings. The molecule has 18 heavy (non-hydrogen) atoms. The van der Waals surface area contributed by atoms with Gasteiger partial charge in [0.2, 0.25) is 5.91 Å². The summed E-state index contributed by atoms with van der Waals surface area (Å²) in [5, 5.41) is 2.79. The van der Waals surface area contributed by atoms with Crippen LogP contribution >= 0.6 is 0 Å². The fourth-order valence-electron chi connectivity index (χ4n) is 1.77. The van der Waals surface area contributed by atoms with Crippen molar-refractivity contribution in [1.82, 2.24) is 10.2 Å². The van der Waals surface area contributed by atoms with Gasteiger partial charge < -0.3 is 10.2 Å². The van der Waals surface area contributed by atoms with Gasteiger partial charge in [-0.3, -0.25) is 9.59 Å². The monoisotopic (exact) mass is 248 g/mol. The van der Waals surface area contributed by atoms with E-state index in [2.05, 4.69) is 5.32 Å². The fraction of sp³-hybridized carbons (Fsp3) is 0.429. The van der Waals surface area contributed by atoms with Crippen LogP contribution in [0.1, 0.15) is 24.9 Å². The van der Waals surface area contributed by atoms with Crippen molar-refractivity contribution >= 4 is 11.7 Å². The Hall–Kier alpha value is -1.68. The Kier molecular flexibility index (Phi) is 5.52. The lowest BCUT2D eigenvalue weighted by Crippen LogP contribution is -2.35. The van der Waals surface area contributed by atoms with Crippen LogP contribution in [0.3, 0.4) is 0 Å². The van der Waals surface area contributed by atoms with Gasteiger partial charge in [-0.05, 0) is 26.6 Å². The summed E-state index contributed by atoms with van der Waals surface area (Å²) in [6.45, 7) is 1.92. The third-order valence-electron chi connectivity index (χ3n) is 2.71. The van der Waals surface area contributed by atoms with Gasteiger partial charge in [0.15, 0.2) is 0 Å². The number of hydrogen-bond donors (Lipinski definition) is 1. The molecule has 0 saturated carbocycles. The highest BCUT2D eigenvalue weighted by Crippen LogP contribution is 2.16. The molecule has 0 heterocycles. The lowest BCUT2D eigenvalue weighted by atomic mass is 10.1. The third-order valence-corrected chi connectivity index (χ3v) is 2.71. The number of Topliss-reactive ketones (excluding diaryl/α,β-unsaturated/α-hetero) is 1. The van der Waals surface area contributed by atoms with E-state index in [1.165, 1.54) is 6.92 Å². The number of carbonyl (C=O) groups excluding carboxylic acids is 2. The third kappa shape index (κ3) is 4.67. The van der Waals surface area contributed by atoms with Crippen LogP contribution in [0.4, 0.5) is 0 Å². The zero-order valence-electron chi connectivity index (χ0n) is 11.1. The maximum absolute atomic E-state index is 11.5. The minimum absolute atomic E-state index is 0.0467. The van der Waals surface area contributed by atoms with Gasteiger partial charge in [0.25, 0.3) is 0 Å². The van der Waals surface area contributed by atoms with Crippen molar-refractivity contribution in [2.75, 3.05) is 20.6 Å². The normalized spacial score (nSPS) is 12.2. The number of rotatable bonds is 6. The molecule has 0 radical (unpaired) electrons. The Labute approximate surface area is 108 Å². The van der Waals surface area contributed by atoms with Crippen molar-refractivity contribution in [3.8, 4) is 0 Å². The van der Waals surface area contributed by atoms with Gasteiger partial charge in [0.1, 0.15) is 5.78 Å². The SMILES string of the molecule is CC(=O)CC(=O)NCC(c1ccccc1)N(C)C. The molecule has 0 spiro atoms. The molecule has 0 saturated heterocycles. The molecule has 0 aliphatic carbocycles. The first-order chi connectivity index (χ1) is 8.50. The number of likely N-dealkylation sites (N-methyl/N-ethyl adjacent to an activating group) is 1. The molecule has 0 aliphatic heterocycles. The molecule has 1 rings (SSSR count). The zero-order valence-corrected chi connectivity index (χ0v) is 11.1. The highest BCUT2D eigenvalue weighted by atomic mass is 16.2. The number of hydrogen-bond acceptors (Lipinski definition) is 3. The van der Waals surface area contributed by atoms with E-state index in [1.807, 2.05) is 49.3 Å². The van der Waals surface area contributed by atoms with Gasteiger partial charge >= 0.3 is 0 Å². The maximum atomic E-state index is 11.5. The first kappa shape index (κ1) is 14.4. The van der Waals surface area contributed by atoms with Crippen LogP contribution in [0, 0.1) is 0 Å². The lowest BCUT2D eigenvalue weighted by Gasteiger charge is -2.25. The summed E-state index contributed by atoms with van der Waals surface area (Å²) in [6.07, 6.45) is -0.0467. The van der Waals surface area contributed by atoms with Crippen LogP contribution in [0.2, 0.25) is 0 Å². The van der Waals surface area contributed by atoms with Gasteiger partial charge in [-0.2, -0.15) is 0 Å². The Bertz CT molecular complexity index is 402. The van der Waals surface area contributed by atoms with E-state index in [0.717, 1.165) is 5.56 Å². The Morgan fingerprint density at radius 1 is 1.22 bits per heavy atom. The molecule has 1 unspecified atom stereocenters. The highest BCUT2D eigenvalue weighted by Gasteiger charge is 2.15. The predicted molar refractivity (Wildman–Crippen MR) is 71.2 cm³/mol. The number of nitrogens with one attached hydrogen (secondary N) is 1. The number of benzene rings is 1. The van der Waals surface area contributed by atoms with Crippen LogP contribution in [-0.2, 0) is 9.59 Å². The zero-order chi connectivity index (χ0) is 13.5. The van der Waals surface area contributed by atoms with Gasteiger partial charge in [-0.25, -0.2) is 0 Å². The maximum Gasteiger partial charge on any atom is 0.227 e. The van der Waals surface area contributed by atoms with E-state index in [4.69, 9.17) is 0 Å². The highest BCUT2D eigenvalue weighted by molar-refractivity contribution is 5.96. The van der Waals surface area contributed by atoms with Crippen molar-refractivity contribution < 1.29 is 9.59 Å². The van der Waals surface area contributed by atoms with Crippen molar-refractivity contribution in [2.24, 2.45) is 0 Å². The van der Waals surface area contributed by atoms with Gasteiger partial charge in [-0.15, -0.1) is 0 Å². The molecule has 1 amide bonds.